The zero-order valence-corrected chi connectivity index (χ0v) is 10.2. The van der Waals surface area contributed by atoms with Crippen molar-refractivity contribution < 1.29 is 0 Å². The number of rotatable bonds is 1. The van der Waals surface area contributed by atoms with Crippen molar-refractivity contribution in [2.75, 3.05) is 0 Å². The summed E-state index contributed by atoms with van der Waals surface area (Å²) >= 11 is 0. The van der Waals surface area contributed by atoms with E-state index in [1.54, 1.807) is 6.20 Å². The van der Waals surface area contributed by atoms with E-state index < -0.39 is 0 Å². The minimum absolute atomic E-state index is 0.0359. The fraction of sp³-hybridized carbons (Fsp3) is 0.385. The zero-order chi connectivity index (χ0) is 11.8. The van der Waals surface area contributed by atoms with Crippen LogP contribution in [0.3, 0.4) is 0 Å². The van der Waals surface area contributed by atoms with Crippen LogP contribution in [0.1, 0.15) is 32.0 Å². The van der Waals surface area contributed by atoms with E-state index in [1.165, 1.54) is 0 Å². The second kappa shape index (κ2) is 3.74. The molecule has 0 saturated carbocycles. The molecule has 0 aliphatic heterocycles. The summed E-state index contributed by atoms with van der Waals surface area (Å²) in [7, 11) is 0. The topological polar surface area (TPSA) is 41.6 Å². The van der Waals surface area contributed by atoms with Crippen molar-refractivity contribution in [2.45, 2.75) is 33.1 Å². The van der Waals surface area contributed by atoms with Crippen LogP contribution in [0.15, 0.2) is 24.5 Å². The van der Waals surface area contributed by atoms with E-state index in [9.17, 15) is 0 Å². The standard InChI is InChI=1S/C13H17N3/c1-9-7-10(11-5-6-15-16-11)12(14-8-9)13(2,3)4/h5-8H,1-4H3,(H,15,16). The molecule has 3 heteroatoms. The minimum Gasteiger partial charge on any atom is -0.278 e. The van der Waals surface area contributed by atoms with E-state index in [0.29, 0.717) is 0 Å². The van der Waals surface area contributed by atoms with Gasteiger partial charge < -0.3 is 0 Å². The summed E-state index contributed by atoms with van der Waals surface area (Å²) in [4.78, 5) is 4.56. The predicted molar refractivity (Wildman–Crippen MR) is 65.3 cm³/mol. The monoisotopic (exact) mass is 215 g/mol. The summed E-state index contributed by atoms with van der Waals surface area (Å²) in [6.45, 7) is 8.57. The third-order valence-corrected chi connectivity index (χ3v) is 2.53. The average molecular weight is 215 g/mol. The molecule has 0 saturated heterocycles. The SMILES string of the molecule is Cc1cnc(C(C)(C)C)c(-c2ccn[nH]2)c1. The van der Waals surface area contributed by atoms with Gasteiger partial charge in [-0.15, -0.1) is 0 Å². The van der Waals surface area contributed by atoms with E-state index in [0.717, 1.165) is 22.5 Å². The fourth-order valence-electron chi connectivity index (χ4n) is 1.78. The first-order chi connectivity index (χ1) is 7.48. The molecule has 2 heterocycles. The molecule has 0 aromatic carbocycles. The van der Waals surface area contributed by atoms with Gasteiger partial charge in [0.2, 0.25) is 0 Å². The lowest BCUT2D eigenvalue weighted by molar-refractivity contribution is 0.570. The van der Waals surface area contributed by atoms with E-state index in [4.69, 9.17) is 0 Å². The smallest absolute Gasteiger partial charge is 0.0668 e. The average Bonchev–Trinajstić information content (AvgIpc) is 2.68. The van der Waals surface area contributed by atoms with Gasteiger partial charge in [0.25, 0.3) is 0 Å². The lowest BCUT2D eigenvalue weighted by atomic mass is 9.87. The van der Waals surface area contributed by atoms with Crippen LogP contribution in [0.5, 0.6) is 0 Å². The molecule has 3 nitrogen and oxygen atoms in total. The van der Waals surface area contributed by atoms with Gasteiger partial charge in [-0.2, -0.15) is 5.10 Å². The fourth-order valence-corrected chi connectivity index (χ4v) is 1.78. The number of hydrogen-bond donors (Lipinski definition) is 1. The molecule has 0 aliphatic carbocycles. The number of H-pyrrole nitrogens is 1. The van der Waals surface area contributed by atoms with Gasteiger partial charge in [0, 0.05) is 23.4 Å². The number of aromatic nitrogens is 3. The molecule has 0 unspecified atom stereocenters. The van der Waals surface area contributed by atoms with Crippen molar-refractivity contribution in [2.24, 2.45) is 0 Å². The van der Waals surface area contributed by atoms with Crippen LogP contribution in [0.4, 0.5) is 0 Å². The van der Waals surface area contributed by atoms with Crippen molar-refractivity contribution in [1.29, 1.82) is 0 Å². The summed E-state index contributed by atoms with van der Waals surface area (Å²) in [5.74, 6) is 0. The van der Waals surface area contributed by atoms with Gasteiger partial charge >= 0.3 is 0 Å². The van der Waals surface area contributed by atoms with Crippen LogP contribution >= 0.6 is 0 Å². The van der Waals surface area contributed by atoms with E-state index in [1.807, 2.05) is 12.3 Å². The molecule has 0 fully saturated rings. The van der Waals surface area contributed by atoms with Gasteiger partial charge in [-0.25, -0.2) is 0 Å². The van der Waals surface area contributed by atoms with Crippen LogP contribution in [0.25, 0.3) is 11.3 Å². The van der Waals surface area contributed by atoms with Crippen molar-refractivity contribution >= 4 is 0 Å². The summed E-state index contributed by atoms with van der Waals surface area (Å²) in [5, 5.41) is 7.00. The number of nitrogens with one attached hydrogen (secondary N) is 1. The Labute approximate surface area is 95.9 Å². The molecular weight excluding hydrogens is 198 g/mol. The van der Waals surface area contributed by atoms with E-state index in [-0.39, 0.29) is 5.41 Å². The van der Waals surface area contributed by atoms with E-state index >= 15 is 0 Å². The number of nitrogens with zero attached hydrogens (tertiary/aromatic N) is 2. The molecule has 16 heavy (non-hydrogen) atoms. The van der Waals surface area contributed by atoms with Crippen molar-refractivity contribution in [3.8, 4) is 11.3 Å². The summed E-state index contributed by atoms with van der Waals surface area (Å²) in [6, 6.07) is 4.13. The predicted octanol–water partition coefficient (Wildman–Crippen LogP) is 3.08. The molecule has 0 aliphatic rings. The highest BCUT2D eigenvalue weighted by Crippen LogP contribution is 2.30. The minimum atomic E-state index is 0.0359. The Morgan fingerprint density at radius 3 is 2.56 bits per heavy atom. The van der Waals surface area contributed by atoms with Gasteiger partial charge in [-0.05, 0) is 24.6 Å². The van der Waals surface area contributed by atoms with Gasteiger partial charge in [0.15, 0.2) is 0 Å². The molecule has 2 rings (SSSR count). The Hall–Kier alpha value is -1.64. The van der Waals surface area contributed by atoms with E-state index in [2.05, 4.69) is 48.9 Å². The lowest BCUT2D eigenvalue weighted by Gasteiger charge is -2.21. The molecule has 84 valence electrons. The number of hydrogen-bond acceptors (Lipinski definition) is 2. The summed E-state index contributed by atoms with van der Waals surface area (Å²) < 4.78 is 0. The largest absolute Gasteiger partial charge is 0.278 e. The molecule has 0 atom stereocenters. The van der Waals surface area contributed by atoms with Crippen molar-refractivity contribution in [3.05, 3.63) is 35.8 Å². The first-order valence-corrected chi connectivity index (χ1v) is 5.45. The normalized spacial score (nSPS) is 11.8. The third-order valence-electron chi connectivity index (χ3n) is 2.53. The molecule has 0 radical (unpaired) electrons. The zero-order valence-electron chi connectivity index (χ0n) is 10.2. The molecule has 2 aromatic rings. The lowest BCUT2D eigenvalue weighted by Crippen LogP contribution is -2.15. The molecule has 0 amide bonds. The Kier molecular flexibility index (Phi) is 2.54. The third kappa shape index (κ3) is 1.98. The maximum atomic E-state index is 4.56. The Bertz CT molecular complexity index is 478. The van der Waals surface area contributed by atoms with Gasteiger partial charge in [0.05, 0.1) is 11.4 Å². The molecule has 2 aromatic heterocycles. The van der Waals surface area contributed by atoms with Crippen molar-refractivity contribution in [1.82, 2.24) is 15.2 Å². The highest BCUT2D eigenvalue weighted by Gasteiger charge is 2.20. The second-order valence-corrected chi connectivity index (χ2v) is 5.13. The maximum absolute atomic E-state index is 4.56. The van der Waals surface area contributed by atoms with Crippen molar-refractivity contribution in [3.63, 3.8) is 0 Å². The van der Waals surface area contributed by atoms with Gasteiger partial charge in [0.1, 0.15) is 0 Å². The van der Waals surface area contributed by atoms with Gasteiger partial charge in [-0.3, -0.25) is 10.1 Å². The van der Waals surface area contributed by atoms with Crippen LogP contribution in [-0.2, 0) is 5.41 Å². The first kappa shape index (κ1) is 10.9. The second-order valence-electron chi connectivity index (χ2n) is 5.13. The summed E-state index contributed by atoms with van der Waals surface area (Å²) in [6.07, 6.45) is 3.69. The molecule has 0 spiro atoms. The molecule has 1 N–H and O–H groups in total. The Morgan fingerprint density at radius 2 is 2.00 bits per heavy atom. The van der Waals surface area contributed by atoms with Crippen LogP contribution in [-0.4, -0.2) is 15.2 Å². The molecular formula is C13H17N3. The van der Waals surface area contributed by atoms with Gasteiger partial charge in [-0.1, -0.05) is 20.8 Å². The van der Waals surface area contributed by atoms with Crippen LogP contribution in [0.2, 0.25) is 0 Å². The number of aromatic amines is 1. The molecule has 0 bridgehead atoms. The number of aryl methyl sites for hydroxylation is 1. The van der Waals surface area contributed by atoms with Crippen LogP contribution < -0.4 is 0 Å². The number of pyridine rings is 1. The Morgan fingerprint density at radius 1 is 1.25 bits per heavy atom. The van der Waals surface area contributed by atoms with Crippen LogP contribution in [0, 0.1) is 6.92 Å². The first-order valence-electron chi connectivity index (χ1n) is 5.45. The quantitative estimate of drug-likeness (QED) is 0.794. The Balaban J connectivity index is 2.63. The highest BCUT2D eigenvalue weighted by atomic mass is 15.1. The summed E-state index contributed by atoms with van der Waals surface area (Å²) in [5.41, 5.74) is 4.47. The highest BCUT2D eigenvalue weighted by molar-refractivity contribution is 5.63. The maximum Gasteiger partial charge on any atom is 0.0668 e.